The van der Waals surface area contributed by atoms with Crippen molar-refractivity contribution >= 4 is 0 Å². The smallest absolute Gasteiger partial charge is 0.387 e. The Bertz CT molecular complexity index is 435. The molecular formula is C15H20F3NO. The molecule has 0 bridgehead atoms. The number of aliphatic hydroxyl groups is 1. The SMILES string of the molecule is CC1(NCC(O)c2ccc(C(F)(F)F)cc2)CCCC1. The molecule has 1 aliphatic rings. The maximum atomic E-state index is 12.4. The van der Waals surface area contributed by atoms with Crippen LogP contribution in [0.3, 0.4) is 0 Å². The van der Waals surface area contributed by atoms with Crippen LogP contribution in [0.15, 0.2) is 24.3 Å². The second kappa shape index (κ2) is 5.74. The summed E-state index contributed by atoms with van der Waals surface area (Å²) in [5.41, 5.74) is -0.136. The Hall–Kier alpha value is -1.07. The maximum Gasteiger partial charge on any atom is 0.416 e. The summed E-state index contributed by atoms with van der Waals surface area (Å²) in [6.07, 6.45) is -0.604. The number of benzene rings is 1. The van der Waals surface area contributed by atoms with Crippen molar-refractivity contribution in [2.75, 3.05) is 6.54 Å². The first-order chi connectivity index (χ1) is 9.30. The van der Waals surface area contributed by atoms with Crippen LogP contribution in [0.2, 0.25) is 0 Å². The largest absolute Gasteiger partial charge is 0.416 e. The van der Waals surface area contributed by atoms with Crippen molar-refractivity contribution in [3.8, 4) is 0 Å². The summed E-state index contributed by atoms with van der Waals surface area (Å²) in [7, 11) is 0. The number of hydrogen-bond acceptors (Lipinski definition) is 2. The third-order valence-corrected chi connectivity index (χ3v) is 4.05. The molecule has 0 amide bonds. The molecule has 0 heterocycles. The van der Waals surface area contributed by atoms with Gasteiger partial charge in [-0.2, -0.15) is 13.2 Å². The number of nitrogens with one attached hydrogen (secondary N) is 1. The standard InChI is InChI=1S/C15H20F3NO/c1-14(8-2-3-9-14)19-10-13(20)11-4-6-12(7-5-11)15(16,17)18/h4-7,13,19-20H,2-3,8-10H2,1H3. The Morgan fingerprint density at radius 1 is 1.20 bits per heavy atom. The highest BCUT2D eigenvalue weighted by Crippen LogP contribution is 2.31. The van der Waals surface area contributed by atoms with Crippen LogP contribution in [-0.2, 0) is 6.18 Å². The van der Waals surface area contributed by atoms with Gasteiger partial charge in [0.25, 0.3) is 0 Å². The minimum absolute atomic E-state index is 0.0485. The third kappa shape index (κ3) is 3.73. The molecule has 1 fully saturated rings. The summed E-state index contributed by atoms with van der Waals surface area (Å²) in [6.45, 7) is 2.49. The van der Waals surface area contributed by atoms with Gasteiger partial charge in [-0.1, -0.05) is 25.0 Å². The van der Waals surface area contributed by atoms with Crippen LogP contribution >= 0.6 is 0 Å². The van der Waals surface area contributed by atoms with Gasteiger partial charge in [0, 0.05) is 12.1 Å². The maximum absolute atomic E-state index is 12.4. The van der Waals surface area contributed by atoms with E-state index >= 15 is 0 Å². The molecule has 2 nitrogen and oxygen atoms in total. The molecule has 1 unspecified atom stereocenters. The molecule has 1 saturated carbocycles. The quantitative estimate of drug-likeness (QED) is 0.885. The molecule has 0 aliphatic heterocycles. The Labute approximate surface area is 117 Å². The van der Waals surface area contributed by atoms with Crippen molar-refractivity contribution in [1.29, 1.82) is 0 Å². The minimum atomic E-state index is -4.33. The zero-order valence-electron chi connectivity index (χ0n) is 11.5. The van der Waals surface area contributed by atoms with Gasteiger partial charge in [-0.15, -0.1) is 0 Å². The zero-order chi connectivity index (χ0) is 14.8. The van der Waals surface area contributed by atoms with E-state index in [2.05, 4.69) is 12.2 Å². The van der Waals surface area contributed by atoms with Crippen LogP contribution in [0, 0.1) is 0 Å². The van der Waals surface area contributed by atoms with Crippen molar-refractivity contribution in [2.45, 2.75) is 50.4 Å². The lowest BCUT2D eigenvalue weighted by Gasteiger charge is -2.27. The van der Waals surface area contributed by atoms with Crippen molar-refractivity contribution < 1.29 is 18.3 Å². The fourth-order valence-corrected chi connectivity index (χ4v) is 2.69. The lowest BCUT2D eigenvalue weighted by atomic mass is 9.99. The molecule has 0 aromatic heterocycles. The molecule has 0 saturated heterocycles. The lowest BCUT2D eigenvalue weighted by molar-refractivity contribution is -0.137. The number of halogens is 3. The van der Waals surface area contributed by atoms with E-state index in [-0.39, 0.29) is 5.54 Å². The van der Waals surface area contributed by atoms with Crippen molar-refractivity contribution in [1.82, 2.24) is 5.32 Å². The topological polar surface area (TPSA) is 32.3 Å². The zero-order valence-corrected chi connectivity index (χ0v) is 11.5. The van der Waals surface area contributed by atoms with Gasteiger partial charge in [-0.25, -0.2) is 0 Å². The molecule has 5 heteroatoms. The third-order valence-electron chi connectivity index (χ3n) is 4.05. The van der Waals surface area contributed by atoms with Crippen molar-refractivity contribution in [3.05, 3.63) is 35.4 Å². The Balaban J connectivity index is 1.94. The molecular weight excluding hydrogens is 267 g/mol. The van der Waals surface area contributed by atoms with Gasteiger partial charge < -0.3 is 10.4 Å². The predicted molar refractivity (Wildman–Crippen MR) is 71.3 cm³/mol. The first-order valence-electron chi connectivity index (χ1n) is 6.90. The fraction of sp³-hybridized carbons (Fsp3) is 0.600. The van der Waals surface area contributed by atoms with Crippen LogP contribution in [0.5, 0.6) is 0 Å². The van der Waals surface area contributed by atoms with E-state index in [4.69, 9.17) is 0 Å². The Morgan fingerprint density at radius 3 is 2.25 bits per heavy atom. The molecule has 1 aromatic carbocycles. The first kappa shape index (κ1) is 15.3. The summed E-state index contributed by atoms with van der Waals surface area (Å²) < 4.78 is 37.3. The highest BCUT2D eigenvalue weighted by molar-refractivity contribution is 5.26. The fourth-order valence-electron chi connectivity index (χ4n) is 2.69. The highest BCUT2D eigenvalue weighted by Gasteiger charge is 2.31. The lowest BCUT2D eigenvalue weighted by Crippen LogP contribution is -2.41. The average Bonchev–Trinajstić information content (AvgIpc) is 2.83. The van der Waals surface area contributed by atoms with Gasteiger partial charge in [-0.05, 0) is 37.5 Å². The number of rotatable bonds is 4. The number of alkyl halides is 3. The number of β-amino-alcohol motifs (C(OH)–C–C–N with tert-alkyl or cyclic N) is 1. The molecule has 0 radical (unpaired) electrons. The Kier molecular flexibility index (Phi) is 4.39. The van der Waals surface area contributed by atoms with E-state index in [0.717, 1.165) is 25.0 Å². The molecule has 2 rings (SSSR count). The van der Waals surface area contributed by atoms with E-state index in [1.165, 1.54) is 25.0 Å². The van der Waals surface area contributed by atoms with E-state index in [0.29, 0.717) is 12.1 Å². The van der Waals surface area contributed by atoms with Crippen LogP contribution in [-0.4, -0.2) is 17.2 Å². The monoisotopic (exact) mass is 287 g/mol. The van der Waals surface area contributed by atoms with E-state index < -0.39 is 17.8 Å². The molecule has 2 N–H and O–H groups in total. The van der Waals surface area contributed by atoms with Crippen LogP contribution < -0.4 is 5.32 Å². The van der Waals surface area contributed by atoms with Crippen LogP contribution in [0.1, 0.15) is 49.8 Å². The number of aliphatic hydroxyl groups excluding tert-OH is 1. The minimum Gasteiger partial charge on any atom is -0.387 e. The second-order valence-electron chi connectivity index (χ2n) is 5.78. The molecule has 1 atom stereocenters. The van der Waals surface area contributed by atoms with E-state index in [1.807, 2.05) is 0 Å². The van der Waals surface area contributed by atoms with Gasteiger partial charge in [0.1, 0.15) is 0 Å². The van der Waals surface area contributed by atoms with Gasteiger partial charge >= 0.3 is 6.18 Å². The first-order valence-corrected chi connectivity index (χ1v) is 6.90. The molecule has 1 aromatic rings. The summed E-state index contributed by atoms with van der Waals surface area (Å²) >= 11 is 0. The van der Waals surface area contributed by atoms with E-state index in [9.17, 15) is 18.3 Å². The summed E-state index contributed by atoms with van der Waals surface area (Å²) in [6, 6.07) is 4.70. The van der Waals surface area contributed by atoms with Gasteiger partial charge in [0.2, 0.25) is 0 Å². The van der Waals surface area contributed by atoms with Crippen molar-refractivity contribution in [3.63, 3.8) is 0 Å². The Morgan fingerprint density at radius 2 is 1.75 bits per heavy atom. The summed E-state index contributed by atoms with van der Waals surface area (Å²) in [4.78, 5) is 0. The summed E-state index contributed by atoms with van der Waals surface area (Å²) in [5.74, 6) is 0. The van der Waals surface area contributed by atoms with Gasteiger partial charge in [-0.3, -0.25) is 0 Å². The molecule has 0 spiro atoms. The van der Waals surface area contributed by atoms with Gasteiger partial charge in [0.15, 0.2) is 0 Å². The summed E-state index contributed by atoms with van der Waals surface area (Å²) in [5, 5.41) is 13.4. The van der Waals surface area contributed by atoms with E-state index in [1.54, 1.807) is 0 Å². The molecule has 1 aliphatic carbocycles. The predicted octanol–water partition coefficient (Wildman–Crippen LogP) is 3.66. The van der Waals surface area contributed by atoms with Crippen molar-refractivity contribution in [2.24, 2.45) is 0 Å². The van der Waals surface area contributed by atoms with Crippen LogP contribution in [0.4, 0.5) is 13.2 Å². The number of hydrogen-bond donors (Lipinski definition) is 2. The second-order valence-corrected chi connectivity index (χ2v) is 5.78. The van der Waals surface area contributed by atoms with Crippen LogP contribution in [0.25, 0.3) is 0 Å². The normalized spacial score (nSPS) is 20.1. The van der Waals surface area contributed by atoms with Gasteiger partial charge in [0.05, 0.1) is 11.7 Å². The highest BCUT2D eigenvalue weighted by atomic mass is 19.4. The molecule has 112 valence electrons. The average molecular weight is 287 g/mol. The molecule has 20 heavy (non-hydrogen) atoms.